The standard InChI is InChI=1S/C21H20BrF2N3O2S/c22-15-3-1-2-14(12-15)19(28)27-10-11-30-21(27)6-8-26(9-7-21)20(29)25-18-5-4-16(23)13-17(18)24/h1-5,12-13H,6-11H2,(H,25,29). The van der Waals surface area contributed by atoms with E-state index in [0.717, 1.165) is 22.4 Å². The predicted octanol–water partition coefficient (Wildman–Crippen LogP) is 4.94. The van der Waals surface area contributed by atoms with Crippen molar-refractivity contribution in [2.24, 2.45) is 0 Å². The average Bonchev–Trinajstić information content (AvgIpc) is 3.13. The maximum atomic E-state index is 13.8. The lowest BCUT2D eigenvalue weighted by Crippen LogP contribution is -2.54. The summed E-state index contributed by atoms with van der Waals surface area (Å²) in [5, 5.41) is 2.50. The number of thioether (sulfide) groups is 1. The van der Waals surface area contributed by atoms with Crippen LogP contribution in [0.15, 0.2) is 46.9 Å². The fraction of sp³-hybridized carbons (Fsp3) is 0.333. The van der Waals surface area contributed by atoms with Gasteiger partial charge in [0.15, 0.2) is 0 Å². The first-order valence-electron chi connectivity index (χ1n) is 9.60. The minimum Gasteiger partial charge on any atom is -0.324 e. The summed E-state index contributed by atoms with van der Waals surface area (Å²) in [6, 6.07) is 9.97. The van der Waals surface area contributed by atoms with Crippen LogP contribution in [-0.4, -0.2) is 52.0 Å². The monoisotopic (exact) mass is 495 g/mol. The van der Waals surface area contributed by atoms with E-state index in [0.29, 0.717) is 38.0 Å². The highest BCUT2D eigenvalue weighted by atomic mass is 79.9. The van der Waals surface area contributed by atoms with Gasteiger partial charge in [-0.25, -0.2) is 13.6 Å². The molecule has 1 N–H and O–H groups in total. The number of hydrogen-bond donors (Lipinski definition) is 1. The van der Waals surface area contributed by atoms with Crippen LogP contribution in [0.25, 0.3) is 0 Å². The molecule has 30 heavy (non-hydrogen) atoms. The zero-order valence-electron chi connectivity index (χ0n) is 16.0. The molecule has 2 aromatic carbocycles. The number of halogens is 3. The molecule has 2 saturated heterocycles. The fourth-order valence-corrected chi connectivity index (χ4v) is 5.79. The second kappa shape index (κ2) is 8.55. The Labute approximate surface area is 185 Å². The summed E-state index contributed by atoms with van der Waals surface area (Å²) in [5.74, 6) is -0.660. The van der Waals surface area contributed by atoms with Gasteiger partial charge >= 0.3 is 6.03 Å². The first-order chi connectivity index (χ1) is 14.4. The Morgan fingerprint density at radius 2 is 1.83 bits per heavy atom. The maximum absolute atomic E-state index is 13.8. The quantitative estimate of drug-likeness (QED) is 0.641. The third-order valence-electron chi connectivity index (χ3n) is 5.50. The van der Waals surface area contributed by atoms with Gasteiger partial charge in [-0.1, -0.05) is 22.0 Å². The summed E-state index contributed by atoms with van der Waals surface area (Å²) in [4.78, 5) is 28.9. The molecular weight excluding hydrogens is 476 g/mol. The Kier molecular flexibility index (Phi) is 6.02. The molecule has 158 valence electrons. The average molecular weight is 496 g/mol. The summed E-state index contributed by atoms with van der Waals surface area (Å²) in [7, 11) is 0. The molecule has 2 aliphatic heterocycles. The van der Waals surface area contributed by atoms with Crippen LogP contribution in [0, 0.1) is 11.6 Å². The third-order valence-corrected chi connectivity index (χ3v) is 7.54. The molecule has 5 nitrogen and oxygen atoms in total. The summed E-state index contributed by atoms with van der Waals surface area (Å²) in [6.07, 6.45) is 1.27. The van der Waals surface area contributed by atoms with Gasteiger partial charge in [-0.2, -0.15) is 0 Å². The van der Waals surface area contributed by atoms with Gasteiger partial charge in [-0.15, -0.1) is 11.8 Å². The van der Waals surface area contributed by atoms with Gasteiger partial charge in [0.25, 0.3) is 5.91 Å². The Hall–Kier alpha value is -2.13. The van der Waals surface area contributed by atoms with E-state index in [1.807, 2.05) is 29.2 Å². The molecule has 0 radical (unpaired) electrons. The number of rotatable bonds is 2. The van der Waals surface area contributed by atoms with Crippen molar-refractivity contribution in [2.45, 2.75) is 17.7 Å². The number of likely N-dealkylation sites (tertiary alicyclic amines) is 1. The molecule has 2 fully saturated rings. The summed E-state index contributed by atoms with van der Waals surface area (Å²) < 4.78 is 27.7. The van der Waals surface area contributed by atoms with Gasteiger partial charge < -0.3 is 15.1 Å². The molecule has 2 heterocycles. The van der Waals surface area contributed by atoms with Gasteiger partial charge in [-0.3, -0.25) is 4.79 Å². The number of carbonyl (C=O) groups is 2. The number of anilines is 1. The zero-order chi connectivity index (χ0) is 21.3. The number of nitrogens with one attached hydrogen (secondary N) is 1. The van der Waals surface area contributed by atoms with E-state index in [2.05, 4.69) is 21.2 Å². The first-order valence-corrected chi connectivity index (χ1v) is 11.4. The zero-order valence-corrected chi connectivity index (χ0v) is 18.4. The molecule has 3 amide bonds. The lowest BCUT2D eigenvalue weighted by atomic mass is 10.0. The number of urea groups is 1. The molecule has 0 unspecified atom stereocenters. The number of benzene rings is 2. The van der Waals surface area contributed by atoms with Crippen LogP contribution in [-0.2, 0) is 0 Å². The van der Waals surface area contributed by atoms with Crippen LogP contribution in [0.5, 0.6) is 0 Å². The van der Waals surface area contributed by atoms with E-state index in [1.54, 1.807) is 16.7 Å². The van der Waals surface area contributed by atoms with Crippen molar-refractivity contribution in [2.75, 3.05) is 30.7 Å². The summed E-state index contributed by atoms with van der Waals surface area (Å²) in [5.41, 5.74) is 0.585. The topological polar surface area (TPSA) is 52.7 Å². The Balaban J connectivity index is 1.42. The van der Waals surface area contributed by atoms with Crippen molar-refractivity contribution in [3.05, 3.63) is 64.1 Å². The number of hydrogen-bond acceptors (Lipinski definition) is 3. The van der Waals surface area contributed by atoms with Crippen LogP contribution in [0.4, 0.5) is 19.3 Å². The minimum atomic E-state index is -0.811. The van der Waals surface area contributed by atoms with Crippen molar-refractivity contribution in [3.63, 3.8) is 0 Å². The lowest BCUT2D eigenvalue weighted by Gasteiger charge is -2.44. The van der Waals surface area contributed by atoms with E-state index < -0.39 is 17.7 Å². The van der Waals surface area contributed by atoms with Crippen LogP contribution < -0.4 is 5.32 Å². The Morgan fingerprint density at radius 1 is 1.07 bits per heavy atom. The Morgan fingerprint density at radius 3 is 2.53 bits per heavy atom. The van der Waals surface area contributed by atoms with Crippen LogP contribution in [0.2, 0.25) is 0 Å². The van der Waals surface area contributed by atoms with E-state index in [1.165, 1.54) is 6.07 Å². The normalized spacial score (nSPS) is 18.0. The van der Waals surface area contributed by atoms with Crippen molar-refractivity contribution in [1.29, 1.82) is 0 Å². The molecule has 0 saturated carbocycles. The largest absolute Gasteiger partial charge is 0.324 e. The predicted molar refractivity (Wildman–Crippen MR) is 117 cm³/mol. The fourth-order valence-electron chi connectivity index (χ4n) is 3.93. The molecule has 0 atom stereocenters. The SMILES string of the molecule is O=C(Nc1ccc(F)cc1F)N1CCC2(CC1)SCCN2C(=O)c1cccc(Br)c1. The number of piperidine rings is 1. The highest BCUT2D eigenvalue weighted by molar-refractivity contribution is 9.10. The number of carbonyl (C=O) groups excluding carboxylic acids is 2. The summed E-state index contributed by atoms with van der Waals surface area (Å²) >= 11 is 5.17. The molecule has 4 rings (SSSR count). The van der Waals surface area contributed by atoms with E-state index in [9.17, 15) is 18.4 Å². The second-order valence-corrected chi connectivity index (χ2v) is 9.68. The highest BCUT2D eigenvalue weighted by Crippen LogP contribution is 2.44. The molecule has 0 bridgehead atoms. The minimum absolute atomic E-state index is 0.00687. The van der Waals surface area contributed by atoms with Crippen molar-refractivity contribution in [1.82, 2.24) is 9.80 Å². The highest BCUT2D eigenvalue weighted by Gasteiger charge is 2.47. The lowest BCUT2D eigenvalue weighted by molar-refractivity contribution is 0.0585. The van der Waals surface area contributed by atoms with Gasteiger partial charge in [0.2, 0.25) is 0 Å². The van der Waals surface area contributed by atoms with Gasteiger partial charge in [0, 0.05) is 41.5 Å². The molecule has 9 heteroatoms. The van der Waals surface area contributed by atoms with E-state index >= 15 is 0 Å². The smallest absolute Gasteiger partial charge is 0.321 e. The summed E-state index contributed by atoms with van der Waals surface area (Å²) in [6.45, 7) is 1.57. The van der Waals surface area contributed by atoms with Crippen molar-refractivity contribution < 1.29 is 18.4 Å². The van der Waals surface area contributed by atoms with Crippen molar-refractivity contribution >= 4 is 45.3 Å². The second-order valence-electron chi connectivity index (χ2n) is 7.30. The van der Waals surface area contributed by atoms with Crippen LogP contribution >= 0.6 is 27.7 Å². The van der Waals surface area contributed by atoms with Gasteiger partial charge in [0.05, 0.1) is 10.6 Å². The Bertz CT molecular complexity index is 982. The molecule has 1 spiro atoms. The van der Waals surface area contributed by atoms with Crippen LogP contribution in [0.3, 0.4) is 0 Å². The number of nitrogens with zero attached hydrogens (tertiary/aromatic N) is 2. The first kappa shape index (κ1) is 21.1. The number of amides is 3. The molecule has 0 aromatic heterocycles. The van der Waals surface area contributed by atoms with E-state index in [4.69, 9.17) is 0 Å². The molecule has 2 aromatic rings. The van der Waals surface area contributed by atoms with Crippen molar-refractivity contribution in [3.8, 4) is 0 Å². The van der Waals surface area contributed by atoms with Gasteiger partial charge in [-0.05, 0) is 43.2 Å². The van der Waals surface area contributed by atoms with Gasteiger partial charge in [0.1, 0.15) is 11.6 Å². The molecule has 2 aliphatic rings. The third kappa shape index (κ3) is 4.18. The molecule has 0 aliphatic carbocycles. The maximum Gasteiger partial charge on any atom is 0.321 e. The van der Waals surface area contributed by atoms with Crippen LogP contribution in [0.1, 0.15) is 23.2 Å². The molecular formula is C21H20BrF2N3O2S. The van der Waals surface area contributed by atoms with E-state index in [-0.39, 0.29) is 16.5 Å².